The fourth-order valence-electron chi connectivity index (χ4n) is 3.54. The Labute approximate surface area is 169 Å². The van der Waals surface area contributed by atoms with Crippen LogP contribution < -0.4 is 0 Å². The van der Waals surface area contributed by atoms with Crippen LogP contribution in [-0.4, -0.2) is 0 Å². The topological polar surface area (TPSA) is 0 Å². The van der Waals surface area contributed by atoms with Gasteiger partial charge in [-0.2, -0.15) is 0 Å². The van der Waals surface area contributed by atoms with Crippen LogP contribution in [0.2, 0.25) is 0 Å². The van der Waals surface area contributed by atoms with Crippen molar-refractivity contribution in [3.63, 3.8) is 0 Å². The normalized spacial score (nSPS) is 13.3. The molecule has 3 rings (SSSR count). The number of hydrogen-bond acceptors (Lipinski definition) is 0. The Morgan fingerprint density at radius 3 is 1.96 bits per heavy atom. The molecule has 0 saturated carbocycles. The number of hydrogen-bond donors (Lipinski definition) is 0. The minimum Gasteiger partial charge on any atom is -0.0911 e. The molecular weight excluding hydrogens is 336 g/mol. The summed E-state index contributed by atoms with van der Waals surface area (Å²) < 4.78 is 0. The summed E-state index contributed by atoms with van der Waals surface area (Å²) >= 11 is 0. The highest BCUT2D eigenvalue weighted by Gasteiger charge is 2.13. The first-order valence-corrected chi connectivity index (χ1v) is 9.95. The van der Waals surface area contributed by atoms with Crippen molar-refractivity contribution >= 4 is 5.57 Å². The van der Waals surface area contributed by atoms with Crippen molar-refractivity contribution in [3.8, 4) is 22.3 Å². The molecule has 3 aromatic carbocycles. The van der Waals surface area contributed by atoms with Gasteiger partial charge in [0.05, 0.1) is 0 Å². The van der Waals surface area contributed by atoms with Crippen LogP contribution in [0.1, 0.15) is 26.3 Å². The predicted octanol–water partition coefficient (Wildman–Crippen LogP) is 8.19. The zero-order chi connectivity index (χ0) is 19.8. The van der Waals surface area contributed by atoms with Crippen molar-refractivity contribution in [1.29, 1.82) is 0 Å². The second-order valence-electron chi connectivity index (χ2n) is 6.95. The Morgan fingerprint density at radius 2 is 1.29 bits per heavy atom. The van der Waals surface area contributed by atoms with Gasteiger partial charge in [0.2, 0.25) is 0 Å². The van der Waals surface area contributed by atoms with Gasteiger partial charge < -0.3 is 0 Å². The van der Waals surface area contributed by atoms with Crippen LogP contribution >= 0.6 is 0 Å². The lowest BCUT2D eigenvalue weighted by molar-refractivity contribution is 0.962. The summed E-state index contributed by atoms with van der Waals surface area (Å²) in [5.74, 6) is 0.353. The third-order valence-electron chi connectivity index (χ3n) is 4.98. The molecule has 0 aliphatic rings. The highest BCUT2D eigenvalue weighted by Crippen LogP contribution is 2.34. The van der Waals surface area contributed by atoms with Crippen LogP contribution in [0, 0.1) is 5.92 Å². The van der Waals surface area contributed by atoms with E-state index in [1.54, 1.807) is 0 Å². The van der Waals surface area contributed by atoms with Crippen LogP contribution in [-0.2, 0) is 0 Å². The van der Waals surface area contributed by atoms with E-state index in [1.807, 2.05) is 0 Å². The lowest BCUT2D eigenvalue weighted by Crippen LogP contribution is -1.98. The predicted molar refractivity (Wildman–Crippen MR) is 124 cm³/mol. The molecule has 0 heteroatoms. The van der Waals surface area contributed by atoms with Gasteiger partial charge in [0.1, 0.15) is 0 Å². The first-order chi connectivity index (χ1) is 13.7. The number of allylic oxidation sites excluding steroid dienone is 6. The summed E-state index contributed by atoms with van der Waals surface area (Å²) in [5, 5.41) is 0. The zero-order valence-electron chi connectivity index (χ0n) is 17.0. The first-order valence-electron chi connectivity index (χ1n) is 9.95. The van der Waals surface area contributed by atoms with E-state index in [2.05, 4.69) is 130 Å². The minimum atomic E-state index is 0.353. The Morgan fingerprint density at radius 1 is 0.679 bits per heavy atom. The molecule has 0 aliphatic carbocycles. The van der Waals surface area contributed by atoms with Gasteiger partial charge in [0.15, 0.2) is 0 Å². The van der Waals surface area contributed by atoms with Crippen molar-refractivity contribution < 1.29 is 0 Å². The van der Waals surface area contributed by atoms with Crippen molar-refractivity contribution in [2.45, 2.75) is 20.8 Å². The molecule has 0 aromatic heterocycles. The maximum Gasteiger partial charge on any atom is -0.000439 e. The van der Waals surface area contributed by atoms with Gasteiger partial charge in [-0.25, -0.2) is 0 Å². The van der Waals surface area contributed by atoms with Gasteiger partial charge in [-0.15, -0.1) is 0 Å². The lowest BCUT2D eigenvalue weighted by Gasteiger charge is -2.17. The summed E-state index contributed by atoms with van der Waals surface area (Å²) in [5.41, 5.74) is 7.63. The van der Waals surface area contributed by atoms with E-state index in [0.29, 0.717) is 5.92 Å². The second-order valence-corrected chi connectivity index (χ2v) is 6.95. The van der Waals surface area contributed by atoms with Crippen molar-refractivity contribution in [2.75, 3.05) is 0 Å². The van der Waals surface area contributed by atoms with Gasteiger partial charge in [0.25, 0.3) is 0 Å². The Kier molecular flexibility index (Phi) is 6.81. The summed E-state index contributed by atoms with van der Waals surface area (Å²) in [6.45, 7) is 6.39. The van der Waals surface area contributed by atoms with Crippen molar-refractivity contribution in [3.05, 3.63) is 115 Å². The maximum atomic E-state index is 2.25. The Bertz CT molecular complexity index is 970. The minimum absolute atomic E-state index is 0.353. The van der Waals surface area contributed by atoms with Crippen LogP contribution in [0.5, 0.6) is 0 Å². The smallest absolute Gasteiger partial charge is 0.000439 e. The Hall–Kier alpha value is -3.12. The average Bonchev–Trinajstić information content (AvgIpc) is 2.75. The molecule has 0 aliphatic heterocycles. The van der Waals surface area contributed by atoms with Crippen LogP contribution in [0.25, 0.3) is 27.8 Å². The zero-order valence-corrected chi connectivity index (χ0v) is 17.0. The van der Waals surface area contributed by atoms with Gasteiger partial charge in [-0.3, -0.25) is 0 Å². The maximum absolute atomic E-state index is 2.25. The Balaban J connectivity index is 2.04. The van der Waals surface area contributed by atoms with Gasteiger partial charge in [0, 0.05) is 0 Å². The molecule has 0 bridgehead atoms. The van der Waals surface area contributed by atoms with E-state index in [9.17, 15) is 0 Å². The highest BCUT2D eigenvalue weighted by atomic mass is 14.2. The summed E-state index contributed by atoms with van der Waals surface area (Å²) in [4.78, 5) is 0. The average molecular weight is 365 g/mol. The largest absolute Gasteiger partial charge is 0.0911 e. The lowest BCUT2D eigenvalue weighted by atomic mass is 9.87. The van der Waals surface area contributed by atoms with Crippen LogP contribution in [0.4, 0.5) is 0 Å². The molecule has 0 radical (unpaired) electrons. The van der Waals surface area contributed by atoms with E-state index in [-0.39, 0.29) is 0 Å². The molecule has 1 unspecified atom stereocenters. The molecule has 0 spiro atoms. The van der Waals surface area contributed by atoms with E-state index < -0.39 is 0 Å². The summed E-state index contributed by atoms with van der Waals surface area (Å²) in [7, 11) is 0. The SMILES string of the molecule is C/C=C\C=C(/c1ccccc1-c1ccc(-c2ccccc2)cc1)C(C)/C=C\C. The van der Waals surface area contributed by atoms with Crippen LogP contribution in [0.3, 0.4) is 0 Å². The molecule has 140 valence electrons. The molecule has 0 heterocycles. The fourth-order valence-corrected chi connectivity index (χ4v) is 3.54. The molecular formula is C28H28. The molecule has 28 heavy (non-hydrogen) atoms. The second kappa shape index (κ2) is 9.71. The van der Waals surface area contributed by atoms with Gasteiger partial charge in [-0.1, -0.05) is 116 Å². The first kappa shape index (κ1) is 19.6. The monoisotopic (exact) mass is 364 g/mol. The number of rotatable bonds is 6. The third-order valence-corrected chi connectivity index (χ3v) is 4.98. The molecule has 3 aromatic rings. The molecule has 0 N–H and O–H groups in total. The quantitative estimate of drug-likeness (QED) is 0.305. The number of benzene rings is 3. The molecule has 1 atom stereocenters. The fraction of sp³-hybridized carbons (Fsp3) is 0.143. The van der Waals surface area contributed by atoms with Gasteiger partial charge in [-0.05, 0) is 53.2 Å². The summed E-state index contributed by atoms with van der Waals surface area (Å²) in [6.07, 6.45) is 10.8. The molecule has 0 nitrogen and oxygen atoms in total. The standard InChI is InChI=1S/C28H28/c1-4-6-15-26(22(3)12-5-2)28-17-11-10-16-27(28)25-20-18-24(19-21-25)23-13-8-7-9-14-23/h4-22H,1-3H3/b6-4-,12-5-,26-15-. The molecule has 0 fully saturated rings. The summed E-state index contributed by atoms with van der Waals surface area (Å²) in [6, 6.07) is 28.1. The van der Waals surface area contributed by atoms with Crippen molar-refractivity contribution in [2.24, 2.45) is 5.92 Å². The van der Waals surface area contributed by atoms with E-state index in [4.69, 9.17) is 0 Å². The van der Waals surface area contributed by atoms with Crippen LogP contribution in [0.15, 0.2) is 109 Å². The highest BCUT2D eigenvalue weighted by molar-refractivity contribution is 5.84. The van der Waals surface area contributed by atoms with Gasteiger partial charge >= 0.3 is 0 Å². The molecule has 0 amide bonds. The van der Waals surface area contributed by atoms with Crippen molar-refractivity contribution in [1.82, 2.24) is 0 Å². The van der Waals surface area contributed by atoms with E-state index in [1.165, 1.54) is 33.4 Å². The third kappa shape index (κ3) is 4.58. The van der Waals surface area contributed by atoms with E-state index in [0.717, 1.165) is 0 Å². The molecule has 0 saturated heterocycles. The van der Waals surface area contributed by atoms with E-state index >= 15 is 0 Å².